The van der Waals surface area contributed by atoms with E-state index in [0.29, 0.717) is 6.04 Å². The van der Waals surface area contributed by atoms with Gasteiger partial charge in [-0.15, -0.1) is 0 Å². The minimum atomic E-state index is 0.665. The highest BCUT2D eigenvalue weighted by Gasteiger charge is 2.23. The molecule has 0 aromatic rings. The van der Waals surface area contributed by atoms with E-state index >= 15 is 0 Å². The summed E-state index contributed by atoms with van der Waals surface area (Å²) in [6.45, 7) is 2.10. The second kappa shape index (κ2) is 3.73. The molecule has 70 valence electrons. The Morgan fingerprint density at radius 3 is 2.42 bits per heavy atom. The van der Waals surface area contributed by atoms with Crippen molar-refractivity contribution in [1.82, 2.24) is 10.3 Å². The fraction of sp³-hybridized carbons (Fsp3) is 1.00. The average Bonchev–Trinajstić information content (AvgIpc) is 2.63. The Balaban J connectivity index is 1.72. The predicted octanol–water partition coefficient (Wildman–Crippen LogP) is 0.467. The Hall–Kier alpha value is -0.120. The number of nitrogens with one attached hydrogen (secondary N) is 1. The SMILES string of the molecule is NN1CCC(NC2CCCC2)C1. The van der Waals surface area contributed by atoms with E-state index in [-0.39, 0.29) is 0 Å². The van der Waals surface area contributed by atoms with Crippen molar-refractivity contribution in [3.05, 3.63) is 0 Å². The van der Waals surface area contributed by atoms with Crippen molar-refractivity contribution < 1.29 is 0 Å². The second-order valence-electron chi connectivity index (χ2n) is 4.13. The third kappa shape index (κ3) is 1.97. The molecule has 2 fully saturated rings. The molecule has 12 heavy (non-hydrogen) atoms. The van der Waals surface area contributed by atoms with E-state index in [4.69, 9.17) is 5.84 Å². The molecule has 1 aliphatic heterocycles. The number of rotatable bonds is 2. The number of hydrazine groups is 1. The summed E-state index contributed by atoms with van der Waals surface area (Å²) in [4.78, 5) is 0. The molecular formula is C9H19N3. The van der Waals surface area contributed by atoms with Crippen molar-refractivity contribution in [1.29, 1.82) is 0 Å². The Bertz CT molecular complexity index is 143. The van der Waals surface area contributed by atoms with E-state index in [9.17, 15) is 0 Å². The van der Waals surface area contributed by atoms with Crippen LogP contribution in [0.5, 0.6) is 0 Å². The molecule has 1 aliphatic carbocycles. The zero-order valence-corrected chi connectivity index (χ0v) is 7.63. The first-order valence-electron chi connectivity index (χ1n) is 5.10. The first-order valence-corrected chi connectivity index (χ1v) is 5.10. The second-order valence-corrected chi connectivity index (χ2v) is 4.13. The maximum atomic E-state index is 5.69. The number of hydrogen-bond acceptors (Lipinski definition) is 3. The number of hydrogen-bond donors (Lipinski definition) is 2. The molecule has 1 unspecified atom stereocenters. The van der Waals surface area contributed by atoms with E-state index in [1.807, 2.05) is 5.01 Å². The van der Waals surface area contributed by atoms with Gasteiger partial charge in [0.05, 0.1) is 0 Å². The predicted molar refractivity (Wildman–Crippen MR) is 49.6 cm³/mol. The quantitative estimate of drug-likeness (QED) is 0.590. The molecule has 0 aromatic heterocycles. The van der Waals surface area contributed by atoms with Crippen molar-refractivity contribution >= 4 is 0 Å². The Morgan fingerprint density at radius 2 is 1.83 bits per heavy atom. The Morgan fingerprint density at radius 1 is 1.08 bits per heavy atom. The third-order valence-electron chi connectivity index (χ3n) is 3.05. The van der Waals surface area contributed by atoms with Crippen LogP contribution in [0.1, 0.15) is 32.1 Å². The number of nitrogens with zero attached hydrogens (tertiary/aromatic N) is 1. The highest BCUT2D eigenvalue weighted by Crippen LogP contribution is 2.19. The van der Waals surface area contributed by atoms with E-state index in [1.165, 1.54) is 32.1 Å². The molecule has 3 N–H and O–H groups in total. The molecule has 0 radical (unpaired) electrons. The zero-order chi connectivity index (χ0) is 8.39. The van der Waals surface area contributed by atoms with Gasteiger partial charge in [0.1, 0.15) is 0 Å². The monoisotopic (exact) mass is 169 g/mol. The van der Waals surface area contributed by atoms with Crippen LogP contribution in [-0.2, 0) is 0 Å². The van der Waals surface area contributed by atoms with Gasteiger partial charge in [-0.2, -0.15) is 0 Å². The topological polar surface area (TPSA) is 41.3 Å². The van der Waals surface area contributed by atoms with Crippen molar-refractivity contribution in [2.75, 3.05) is 13.1 Å². The molecule has 1 atom stereocenters. The fourth-order valence-electron chi connectivity index (χ4n) is 2.35. The lowest BCUT2D eigenvalue weighted by atomic mass is 10.2. The van der Waals surface area contributed by atoms with Crippen molar-refractivity contribution in [2.45, 2.75) is 44.2 Å². The molecule has 0 amide bonds. The van der Waals surface area contributed by atoms with E-state index in [0.717, 1.165) is 19.1 Å². The van der Waals surface area contributed by atoms with Crippen molar-refractivity contribution in [2.24, 2.45) is 5.84 Å². The van der Waals surface area contributed by atoms with Gasteiger partial charge in [0.15, 0.2) is 0 Å². The molecule has 3 heteroatoms. The largest absolute Gasteiger partial charge is 0.310 e. The number of nitrogens with two attached hydrogens (primary N) is 1. The van der Waals surface area contributed by atoms with Crippen LogP contribution in [-0.4, -0.2) is 30.2 Å². The molecule has 1 saturated heterocycles. The minimum absolute atomic E-state index is 0.665. The van der Waals surface area contributed by atoms with Crippen LogP contribution in [0.15, 0.2) is 0 Å². The summed E-state index contributed by atoms with van der Waals surface area (Å²) in [5.74, 6) is 5.69. The first-order chi connectivity index (χ1) is 5.84. The minimum Gasteiger partial charge on any atom is -0.310 e. The zero-order valence-electron chi connectivity index (χ0n) is 7.63. The molecular weight excluding hydrogens is 150 g/mol. The lowest BCUT2D eigenvalue weighted by molar-refractivity contribution is 0.334. The lowest BCUT2D eigenvalue weighted by Crippen LogP contribution is -2.39. The normalized spacial score (nSPS) is 33.2. The van der Waals surface area contributed by atoms with E-state index in [1.54, 1.807) is 0 Å². The Labute approximate surface area is 74.3 Å². The van der Waals surface area contributed by atoms with Crippen LogP contribution in [0, 0.1) is 0 Å². The van der Waals surface area contributed by atoms with Crippen LogP contribution in [0.2, 0.25) is 0 Å². The molecule has 0 bridgehead atoms. The summed E-state index contributed by atoms with van der Waals surface area (Å²) in [6, 6.07) is 1.46. The standard InChI is InChI=1S/C9H19N3/c10-12-6-5-9(7-12)11-8-3-1-2-4-8/h8-9,11H,1-7,10H2. The van der Waals surface area contributed by atoms with Crippen molar-refractivity contribution in [3.8, 4) is 0 Å². The van der Waals surface area contributed by atoms with E-state index < -0.39 is 0 Å². The highest BCUT2D eigenvalue weighted by molar-refractivity contribution is 4.83. The van der Waals surface area contributed by atoms with Crippen LogP contribution in [0.4, 0.5) is 0 Å². The molecule has 0 spiro atoms. The van der Waals surface area contributed by atoms with Gasteiger partial charge in [-0.25, -0.2) is 5.01 Å². The van der Waals surface area contributed by atoms with Crippen LogP contribution in [0.25, 0.3) is 0 Å². The van der Waals surface area contributed by atoms with Crippen molar-refractivity contribution in [3.63, 3.8) is 0 Å². The van der Waals surface area contributed by atoms with E-state index in [2.05, 4.69) is 5.32 Å². The summed E-state index contributed by atoms with van der Waals surface area (Å²) in [5, 5.41) is 5.61. The first kappa shape index (κ1) is 8.48. The Kier molecular flexibility index (Phi) is 2.63. The smallest absolute Gasteiger partial charge is 0.0283 e. The summed E-state index contributed by atoms with van der Waals surface area (Å²) >= 11 is 0. The molecule has 2 rings (SSSR count). The molecule has 1 saturated carbocycles. The van der Waals surface area contributed by atoms with Gasteiger partial charge in [-0.1, -0.05) is 12.8 Å². The van der Waals surface area contributed by atoms with Gasteiger partial charge in [0, 0.05) is 25.2 Å². The van der Waals surface area contributed by atoms with Gasteiger partial charge in [0.2, 0.25) is 0 Å². The van der Waals surface area contributed by atoms with Gasteiger partial charge in [0.25, 0.3) is 0 Å². The van der Waals surface area contributed by atoms with Crippen LogP contribution < -0.4 is 11.2 Å². The summed E-state index contributed by atoms with van der Waals surface area (Å²) in [7, 11) is 0. The summed E-state index contributed by atoms with van der Waals surface area (Å²) in [6.07, 6.45) is 6.81. The maximum absolute atomic E-state index is 5.69. The van der Waals surface area contributed by atoms with Gasteiger partial charge in [-0.05, 0) is 19.3 Å². The molecule has 1 heterocycles. The van der Waals surface area contributed by atoms with Gasteiger partial charge < -0.3 is 5.32 Å². The fourth-order valence-corrected chi connectivity index (χ4v) is 2.35. The van der Waals surface area contributed by atoms with Gasteiger partial charge in [-0.3, -0.25) is 5.84 Å². The van der Waals surface area contributed by atoms with Gasteiger partial charge >= 0.3 is 0 Å². The summed E-state index contributed by atoms with van der Waals surface area (Å²) in [5.41, 5.74) is 0. The lowest BCUT2D eigenvalue weighted by Gasteiger charge is -2.17. The molecule has 0 aromatic carbocycles. The average molecular weight is 169 g/mol. The molecule has 3 nitrogen and oxygen atoms in total. The molecule has 2 aliphatic rings. The summed E-state index contributed by atoms with van der Waals surface area (Å²) < 4.78 is 0. The van der Waals surface area contributed by atoms with Crippen LogP contribution >= 0.6 is 0 Å². The highest BCUT2D eigenvalue weighted by atomic mass is 15.4. The maximum Gasteiger partial charge on any atom is 0.0283 e. The third-order valence-corrected chi connectivity index (χ3v) is 3.05. The van der Waals surface area contributed by atoms with Crippen LogP contribution in [0.3, 0.4) is 0 Å².